The lowest BCUT2D eigenvalue weighted by Gasteiger charge is -2.32. The van der Waals surface area contributed by atoms with Crippen LogP contribution in [0.15, 0.2) is 60.7 Å². The molecule has 0 radical (unpaired) electrons. The molecule has 1 fully saturated rings. The molecular weight excluding hydrogens is 368 g/mol. The SMILES string of the molecule is COC(=O)C1CCN(C(=O)CC(NC(=O)c2ccccc2)c2ccccc2)CC1. The van der Waals surface area contributed by atoms with E-state index in [1.165, 1.54) is 7.11 Å². The highest BCUT2D eigenvalue weighted by atomic mass is 16.5. The van der Waals surface area contributed by atoms with Crippen molar-refractivity contribution in [2.24, 2.45) is 5.92 Å². The van der Waals surface area contributed by atoms with E-state index in [0.717, 1.165) is 5.56 Å². The summed E-state index contributed by atoms with van der Waals surface area (Å²) in [4.78, 5) is 39.0. The molecule has 2 aromatic carbocycles. The van der Waals surface area contributed by atoms with Crippen molar-refractivity contribution in [1.82, 2.24) is 10.2 Å². The molecule has 1 aliphatic heterocycles. The number of nitrogens with zero attached hydrogens (tertiary/aromatic N) is 1. The van der Waals surface area contributed by atoms with Gasteiger partial charge in [-0.3, -0.25) is 14.4 Å². The smallest absolute Gasteiger partial charge is 0.308 e. The number of benzene rings is 2. The lowest BCUT2D eigenvalue weighted by molar-refractivity contribution is -0.149. The van der Waals surface area contributed by atoms with Crippen LogP contribution in [0, 0.1) is 5.92 Å². The number of carbonyl (C=O) groups excluding carboxylic acids is 3. The molecule has 0 saturated carbocycles. The summed E-state index contributed by atoms with van der Waals surface area (Å²) in [5.74, 6) is -0.603. The predicted molar refractivity (Wildman–Crippen MR) is 109 cm³/mol. The number of likely N-dealkylation sites (tertiary alicyclic amines) is 1. The highest BCUT2D eigenvalue weighted by Gasteiger charge is 2.29. The van der Waals surface area contributed by atoms with Crippen molar-refractivity contribution in [3.8, 4) is 0 Å². The van der Waals surface area contributed by atoms with Gasteiger partial charge in [-0.05, 0) is 30.5 Å². The number of hydrogen-bond acceptors (Lipinski definition) is 4. The average molecular weight is 394 g/mol. The first kappa shape index (κ1) is 20.6. The Balaban J connectivity index is 1.67. The fourth-order valence-electron chi connectivity index (χ4n) is 3.60. The van der Waals surface area contributed by atoms with E-state index < -0.39 is 6.04 Å². The first-order valence-electron chi connectivity index (χ1n) is 9.85. The van der Waals surface area contributed by atoms with E-state index in [1.807, 2.05) is 48.5 Å². The molecule has 0 aliphatic carbocycles. The van der Waals surface area contributed by atoms with Gasteiger partial charge in [0.2, 0.25) is 5.91 Å². The van der Waals surface area contributed by atoms with Gasteiger partial charge in [0, 0.05) is 18.7 Å². The lowest BCUT2D eigenvalue weighted by Crippen LogP contribution is -2.42. The van der Waals surface area contributed by atoms with Crippen LogP contribution in [0.5, 0.6) is 0 Å². The minimum absolute atomic E-state index is 0.0319. The normalized spacial score (nSPS) is 15.4. The van der Waals surface area contributed by atoms with Gasteiger partial charge in [-0.2, -0.15) is 0 Å². The Bertz CT molecular complexity index is 830. The summed E-state index contributed by atoms with van der Waals surface area (Å²) in [6.45, 7) is 1.04. The molecule has 0 bridgehead atoms. The van der Waals surface area contributed by atoms with E-state index in [2.05, 4.69) is 5.32 Å². The van der Waals surface area contributed by atoms with Crippen molar-refractivity contribution in [3.05, 3.63) is 71.8 Å². The number of rotatable bonds is 6. The largest absolute Gasteiger partial charge is 0.469 e. The number of methoxy groups -OCH3 is 1. The Morgan fingerprint density at radius 1 is 1.00 bits per heavy atom. The van der Waals surface area contributed by atoms with Crippen LogP contribution in [0.25, 0.3) is 0 Å². The molecule has 2 amide bonds. The zero-order chi connectivity index (χ0) is 20.6. The van der Waals surface area contributed by atoms with Crippen LogP contribution in [-0.4, -0.2) is 42.9 Å². The monoisotopic (exact) mass is 394 g/mol. The highest BCUT2D eigenvalue weighted by molar-refractivity contribution is 5.94. The molecule has 0 spiro atoms. The zero-order valence-electron chi connectivity index (χ0n) is 16.5. The summed E-state index contributed by atoms with van der Waals surface area (Å²) in [6.07, 6.45) is 1.38. The number of amides is 2. The number of carbonyl (C=O) groups is 3. The summed E-state index contributed by atoms with van der Waals surface area (Å²) in [6, 6.07) is 18.0. The third kappa shape index (κ3) is 5.44. The number of hydrogen-bond donors (Lipinski definition) is 1. The van der Waals surface area contributed by atoms with Gasteiger partial charge in [-0.25, -0.2) is 0 Å². The summed E-state index contributed by atoms with van der Waals surface area (Å²) >= 11 is 0. The average Bonchev–Trinajstić information content (AvgIpc) is 2.79. The number of esters is 1. The van der Waals surface area contributed by atoms with Gasteiger partial charge in [0.1, 0.15) is 0 Å². The third-order valence-corrected chi connectivity index (χ3v) is 5.30. The first-order valence-corrected chi connectivity index (χ1v) is 9.85. The standard InChI is InChI=1S/C23H26N2O4/c1-29-23(28)19-12-14-25(15-13-19)21(26)16-20(17-8-4-2-5-9-17)24-22(27)18-10-6-3-7-11-18/h2-11,19-20H,12-16H2,1H3,(H,24,27). The van der Waals surface area contributed by atoms with Gasteiger partial charge in [0.15, 0.2) is 0 Å². The molecule has 3 rings (SSSR count). The van der Waals surface area contributed by atoms with Gasteiger partial charge >= 0.3 is 5.97 Å². The summed E-state index contributed by atoms with van der Waals surface area (Å²) in [5.41, 5.74) is 1.44. The molecule has 1 N–H and O–H groups in total. The van der Waals surface area contributed by atoms with Crippen LogP contribution >= 0.6 is 0 Å². The van der Waals surface area contributed by atoms with Gasteiger partial charge < -0.3 is 15.0 Å². The molecule has 1 atom stereocenters. The van der Waals surface area contributed by atoms with E-state index in [9.17, 15) is 14.4 Å². The summed E-state index contributed by atoms with van der Waals surface area (Å²) in [5, 5.41) is 3.00. The molecule has 152 valence electrons. The second-order valence-corrected chi connectivity index (χ2v) is 7.19. The van der Waals surface area contributed by atoms with Crippen LogP contribution < -0.4 is 5.32 Å². The summed E-state index contributed by atoms with van der Waals surface area (Å²) < 4.78 is 4.80. The Morgan fingerprint density at radius 3 is 2.17 bits per heavy atom. The first-order chi connectivity index (χ1) is 14.1. The molecule has 1 heterocycles. The maximum absolute atomic E-state index is 12.9. The second-order valence-electron chi connectivity index (χ2n) is 7.19. The molecule has 0 aromatic heterocycles. The molecular formula is C23H26N2O4. The molecule has 1 unspecified atom stereocenters. The molecule has 2 aromatic rings. The van der Waals surface area contributed by atoms with Crippen molar-refractivity contribution in [2.75, 3.05) is 20.2 Å². The van der Waals surface area contributed by atoms with E-state index in [1.54, 1.807) is 17.0 Å². The minimum atomic E-state index is -0.422. The Labute approximate surface area is 170 Å². The molecule has 6 heteroatoms. The summed E-state index contributed by atoms with van der Waals surface area (Å²) in [7, 11) is 1.39. The van der Waals surface area contributed by atoms with Crippen LogP contribution in [0.2, 0.25) is 0 Å². The van der Waals surface area contributed by atoms with Crippen LogP contribution in [-0.2, 0) is 14.3 Å². The van der Waals surface area contributed by atoms with Gasteiger partial charge in [0.25, 0.3) is 5.91 Å². The highest BCUT2D eigenvalue weighted by Crippen LogP contribution is 2.23. The van der Waals surface area contributed by atoms with Crippen molar-refractivity contribution in [2.45, 2.75) is 25.3 Å². The van der Waals surface area contributed by atoms with Crippen LogP contribution in [0.1, 0.15) is 41.2 Å². The quantitative estimate of drug-likeness (QED) is 0.765. The second kappa shape index (κ2) is 9.87. The molecule has 29 heavy (non-hydrogen) atoms. The van der Waals surface area contributed by atoms with Crippen LogP contribution in [0.4, 0.5) is 0 Å². The van der Waals surface area contributed by atoms with Gasteiger partial charge in [-0.15, -0.1) is 0 Å². The molecule has 6 nitrogen and oxygen atoms in total. The number of ether oxygens (including phenoxy) is 1. The molecule has 1 aliphatic rings. The maximum Gasteiger partial charge on any atom is 0.308 e. The maximum atomic E-state index is 12.9. The van der Waals surface area contributed by atoms with E-state index in [4.69, 9.17) is 4.74 Å². The van der Waals surface area contributed by atoms with Crippen molar-refractivity contribution in [1.29, 1.82) is 0 Å². The molecule has 1 saturated heterocycles. The Kier molecular flexibility index (Phi) is 7.00. The topological polar surface area (TPSA) is 75.7 Å². The van der Waals surface area contributed by atoms with E-state index in [0.29, 0.717) is 31.5 Å². The van der Waals surface area contributed by atoms with Gasteiger partial charge in [0.05, 0.1) is 25.5 Å². The van der Waals surface area contributed by atoms with Crippen LogP contribution in [0.3, 0.4) is 0 Å². The minimum Gasteiger partial charge on any atom is -0.469 e. The number of piperidine rings is 1. The lowest BCUT2D eigenvalue weighted by atomic mass is 9.96. The zero-order valence-corrected chi connectivity index (χ0v) is 16.5. The Morgan fingerprint density at radius 2 is 1.59 bits per heavy atom. The van der Waals surface area contributed by atoms with Crippen molar-refractivity contribution in [3.63, 3.8) is 0 Å². The third-order valence-electron chi connectivity index (χ3n) is 5.30. The number of nitrogens with one attached hydrogen (secondary N) is 1. The van der Waals surface area contributed by atoms with Crippen molar-refractivity contribution >= 4 is 17.8 Å². The fourth-order valence-corrected chi connectivity index (χ4v) is 3.60. The van der Waals surface area contributed by atoms with E-state index in [-0.39, 0.29) is 30.1 Å². The van der Waals surface area contributed by atoms with Crippen molar-refractivity contribution < 1.29 is 19.1 Å². The fraction of sp³-hybridized carbons (Fsp3) is 0.348. The Hall–Kier alpha value is -3.15. The predicted octanol–water partition coefficient (Wildman–Crippen LogP) is 2.96. The van der Waals surface area contributed by atoms with E-state index >= 15 is 0 Å². The van der Waals surface area contributed by atoms with Gasteiger partial charge in [-0.1, -0.05) is 48.5 Å².